The fourth-order valence-corrected chi connectivity index (χ4v) is 2.23. The molecule has 1 N–H and O–H groups in total. The second kappa shape index (κ2) is 7.10. The molecule has 3 heteroatoms. The molecule has 1 aromatic carbocycles. The van der Waals surface area contributed by atoms with E-state index in [4.69, 9.17) is 11.6 Å². The van der Waals surface area contributed by atoms with Gasteiger partial charge >= 0.3 is 0 Å². The minimum Gasteiger partial charge on any atom is -0.317 e. The summed E-state index contributed by atoms with van der Waals surface area (Å²) in [6, 6.07) is 4.88. The molecule has 0 amide bonds. The summed E-state index contributed by atoms with van der Waals surface area (Å²) >= 11 is 6.06. The van der Waals surface area contributed by atoms with Gasteiger partial charge < -0.3 is 5.32 Å². The minimum absolute atomic E-state index is 0.0482. The molecule has 0 fully saturated rings. The van der Waals surface area contributed by atoms with Crippen molar-refractivity contribution in [3.8, 4) is 0 Å². The third-order valence-electron chi connectivity index (χ3n) is 3.12. The lowest BCUT2D eigenvalue weighted by Crippen LogP contribution is -2.25. The Kier molecular flexibility index (Phi) is 6.10. The average molecular weight is 272 g/mol. The normalized spacial score (nSPS) is 11.8. The van der Waals surface area contributed by atoms with Crippen LogP contribution in [0.5, 0.6) is 0 Å². The highest BCUT2D eigenvalue weighted by Gasteiger charge is 2.21. The first kappa shape index (κ1) is 15.5. The standard InChI is InChI=1S/C15H23ClFN/c1-4-9-18-10-8-15(2,3)11-12-13(16)6-5-7-14(12)17/h5-7,18H,4,8-11H2,1-3H3. The van der Waals surface area contributed by atoms with Gasteiger partial charge in [0, 0.05) is 10.6 Å². The van der Waals surface area contributed by atoms with Crippen LogP contribution < -0.4 is 5.32 Å². The van der Waals surface area contributed by atoms with Crippen molar-refractivity contribution in [2.45, 2.75) is 40.0 Å². The van der Waals surface area contributed by atoms with E-state index in [1.54, 1.807) is 12.1 Å². The quantitative estimate of drug-likeness (QED) is 0.723. The smallest absolute Gasteiger partial charge is 0.127 e. The monoisotopic (exact) mass is 271 g/mol. The Balaban J connectivity index is 2.59. The molecule has 0 bridgehead atoms. The molecule has 0 atom stereocenters. The van der Waals surface area contributed by atoms with Gasteiger partial charge in [0.15, 0.2) is 0 Å². The highest BCUT2D eigenvalue weighted by atomic mass is 35.5. The summed E-state index contributed by atoms with van der Waals surface area (Å²) in [7, 11) is 0. The molecule has 1 aromatic rings. The number of rotatable bonds is 7. The Hall–Kier alpha value is -0.600. The molecular formula is C15H23ClFN. The second-order valence-corrected chi connectivity index (χ2v) is 5.95. The van der Waals surface area contributed by atoms with Gasteiger partial charge in [-0.25, -0.2) is 4.39 Å². The summed E-state index contributed by atoms with van der Waals surface area (Å²) in [6.07, 6.45) is 2.82. The largest absolute Gasteiger partial charge is 0.317 e. The van der Waals surface area contributed by atoms with Crippen LogP contribution in [0.2, 0.25) is 5.02 Å². The highest BCUT2D eigenvalue weighted by molar-refractivity contribution is 6.31. The lowest BCUT2D eigenvalue weighted by atomic mass is 9.82. The van der Waals surface area contributed by atoms with E-state index in [0.717, 1.165) is 25.9 Å². The van der Waals surface area contributed by atoms with Crippen molar-refractivity contribution >= 4 is 11.6 Å². The maximum Gasteiger partial charge on any atom is 0.127 e. The van der Waals surface area contributed by atoms with E-state index >= 15 is 0 Å². The van der Waals surface area contributed by atoms with E-state index in [1.165, 1.54) is 6.07 Å². The van der Waals surface area contributed by atoms with Gasteiger partial charge in [0.2, 0.25) is 0 Å². The SMILES string of the molecule is CCCNCCC(C)(C)Cc1c(F)cccc1Cl. The zero-order valence-electron chi connectivity index (χ0n) is 11.5. The third-order valence-corrected chi connectivity index (χ3v) is 3.48. The zero-order valence-corrected chi connectivity index (χ0v) is 12.3. The maximum absolute atomic E-state index is 13.7. The molecule has 0 saturated carbocycles. The summed E-state index contributed by atoms with van der Waals surface area (Å²) in [6.45, 7) is 8.47. The van der Waals surface area contributed by atoms with Crippen molar-refractivity contribution in [1.29, 1.82) is 0 Å². The summed E-state index contributed by atoms with van der Waals surface area (Å²) in [4.78, 5) is 0. The number of hydrogen-bond acceptors (Lipinski definition) is 1. The number of hydrogen-bond donors (Lipinski definition) is 1. The van der Waals surface area contributed by atoms with Gasteiger partial charge in [-0.3, -0.25) is 0 Å². The van der Waals surface area contributed by atoms with Crippen LogP contribution in [0, 0.1) is 11.2 Å². The highest BCUT2D eigenvalue weighted by Crippen LogP contribution is 2.30. The van der Waals surface area contributed by atoms with E-state index in [1.807, 2.05) is 0 Å². The summed E-state index contributed by atoms with van der Waals surface area (Å²) in [5, 5.41) is 3.91. The van der Waals surface area contributed by atoms with Gasteiger partial charge in [0.25, 0.3) is 0 Å². The van der Waals surface area contributed by atoms with Gasteiger partial charge in [-0.1, -0.05) is 38.4 Å². The van der Waals surface area contributed by atoms with Crippen molar-refractivity contribution in [3.63, 3.8) is 0 Å². The fraction of sp³-hybridized carbons (Fsp3) is 0.600. The number of benzene rings is 1. The summed E-state index contributed by atoms with van der Waals surface area (Å²) < 4.78 is 13.7. The minimum atomic E-state index is -0.197. The molecule has 0 unspecified atom stereocenters. The second-order valence-electron chi connectivity index (χ2n) is 5.54. The molecule has 0 aliphatic rings. The molecule has 0 spiro atoms. The Morgan fingerprint density at radius 2 is 2.00 bits per heavy atom. The number of halogens is 2. The van der Waals surface area contributed by atoms with Crippen LogP contribution >= 0.6 is 11.6 Å². The molecular weight excluding hydrogens is 249 g/mol. The molecule has 0 saturated heterocycles. The van der Waals surface area contributed by atoms with Crippen molar-refractivity contribution < 1.29 is 4.39 Å². The van der Waals surface area contributed by atoms with Crippen LogP contribution in [0.1, 0.15) is 39.2 Å². The van der Waals surface area contributed by atoms with Crippen molar-refractivity contribution in [2.24, 2.45) is 5.41 Å². The van der Waals surface area contributed by atoms with Gasteiger partial charge in [-0.05, 0) is 49.9 Å². The first-order valence-electron chi connectivity index (χ1n) is 6.60. The molecule has 0 heterocycles. The zero-order chi connectivity index (χ0) is 13.6. The van der Waals surface area contributed by atoms with Gasteiger partial charge in [0.1, 0.15) is 5.82 Å². The van der Waals surface area contributed by atoms with E-state index in [9.17, 15) is 4.39 Å². The van der Waals surface area contributed by atoms with Crippen LogP contribution in [0.3, 0.4) is 0 Å². The van der Waals surface area contributed by atoms with Crippen LogP contribution in [0.15, 0.2) is 18.2 Å². The molecule has 102 valence electrons. The molecule has 18 heavy (non-hydrogen) atoms. The van der Waals surface area contributed by atoms with Gasteiger partial charge in [-0.2, -0.15) is 0 Å². The lowest BCUT2D eigenvalue weighted by molar-refractivity contribution is 0.321. The van der Waals surface area contributed by atoms with Crippen LogP contribution in [0.4, 0.5) is 4.39 Å². The van der Waals surface area contributed by atoms with Crippen LogP contribution in [0.25, 0.3) is 0 Å². The topological polar surface area (TPSA) is 12.0 Å². The van der Waals surface area contributed by atoms with Crippen molar-refractivity contribution in [1.82, 2.24) is 5.32 Å². The Bertz CT molecular complexity index is 357. The van der Waals surface area contributed by atoms with E-state index in [2.05, 4.69) is 26.1 Å². The summed E-state index contributed by atoms with van der Waals surface area (Å²) in [5.41, 5.74) is 0.687. The van der Waals surface area contributed by atoms with E-state index in [0.29, 0.717) is 17.0 Å². The molecule has 0 aliphatic carbocycles. The first-order valence-corrected chi connectivity index (χ1v) is 6.97. The molecule has 0 aliphatic heterocycles. The van der Waals surface area contributed by atoms with Crippen molar-refractivity contribution in [3.05, 3.63) is 34.6 Å². The molecule has 1 rings (SSSR count). The predicted molar refractivity (Wildman–Crippen MR) is 76.7 cm³/mol. The average Bonchev–Trinajstić information content (AvgIpc) is 2.30. The van der Waals surface area contributed by atoms with Crippen LogP contribution in [-0.4, -0.2) is 13.1 Å². The Labute approximate surface area is 115 Å². The maximum atomic E-state index is 13.7. The Morgan fingerprint density at radius 3 is 2.61 bits per heavy atom. The molecule has 0 radical (unpaired) electrons. The lowest BCUT2D eigenvalue weighted by Gasteiger charge is -2.25. The van der Waals surface area contributed by atoms with Gasteiger partial charge in [0.05, 0.1) is 0 Å². The fourth-order valence-electron chi connectivity index (χ4n) is 2.00. The van der Waals surface area contributed by atoms with E-state index in [-0.39, 0.29) is 11.2 Å². The van der Waals surface area contributed by atoms with Crippen molar-refractivity contribution in [2.75, 3.05) is 13.1 Å². The predicted octanol–water partition coefficient (Wildman–Crippen LogP) is 4.44. The first-order chi connectivity index (χ1) is 8.46. The van der Waals surface area contributed by atoms with Crippen LogP contribution in [-0.2, 0) is 6.42 Å². The summed E-state index contributed by atoms with van der Waals surface area (Å²) in [5.74, 6) is -0.197. The molecule has 1 nitrogen and oxygen atoms in total. The third kappa shape index (κ3) is 4.95. The van der Waals surface area contributed by atoms with Gasteiger partial charge in [-0.15, -0.1) is 0 Å². The van der Waals surface area contributed by atoms with E-state index < -0.39 is 0 Å². The number of nitrogens with one attached hydrogen (secondary N) is 1. The molecule has 0 aromatic heterocycles. The Morgan fingerprint density at radius 1 is 1.28 bits per heavy atom.